The first-order chi connectivity index (χ1) is 18.0. The maximum Gasteiger partial charge on any atom is 0.416 e. The number of hydrogen-bond acceptors (Lipinski definition) is 6. The third-order valence-electron chi connectivity index (χ3n) is 6.87. The van der Waals surface area contributed by atoms with E-state index in [2.05, 4.69) is 0 Å². The van der Waals surface area contributed by atoms with Crippen LogP contribution in [0.3, 0.4) is 0 Å². The minimum absolute atomic E-state index is 0.199. The second-order valence-electron chi connectivity index (χ2n) is 9.64. The van der Waals surface area contributed by atoms with E-state index in [-0.39, 0.29) is 37.1 Å². The Morgan fingerprint density at radius 2 is 1.00 bits per heavy atom. The van der Waals surface area contributed by atoms with Crippen LogP contribution in [0.2, 0.25) is 0 Å². The Morgan fingerprint density at radius 1 is 0.622 bits per heavy atom. The minimum Gasteiger partial charge on any atom is -0.447 e. The lowest BCUT2D eigenvalue weighted by Gasteiger charge is -2.20. The van der Waals surface area contributed by atoms with E-state index >= 15 is 0 Å². The lowest BCUT2D eigenvalue weighted by atomic mass is 10.0. The SMILES string of the molecule is O=C(CCCCCCCC(=O)N1C(=O)OC[C@@H]1Cc1ccccc1)N1C(=O)OC[C@@H]1Cc1ccccc1. The maximum atomic E-state index is 12.7. The predicted octanol–water partition coefficient (Wildman–Crippen LogP) is 4.90. The summed E-state index contributed by atoms with van der Waals surface area (Å²) < 4.78 is 10.3. The summed E-state index contributed by atoms with van der Waals surface area (Å²) in [5.74, 6) is -0.397. The monoisotopic (exact) mass is 506 g/mol. The summed E-state index contributed by atoms with van der Waals surface area (Å²) in [5.41, 5.74) is 2.12. The molecular weight excluding hydrogens is 472 g/mol. The summed E-state index contributed by atoms with van der Waals surface area (Å²) in [6, 6.07) is 19.0. The zero-order valence-electron chi connectivity index (χ0n) is 21.1. The number of amides is 4. The van der Waals surface area contributed by atoms with Gasteiger partial charge in [0.1, 0.15) is 13.2 Å². The van der Waals surface area contributed by atoms with Crippen molar-refractivity contribution in [3.63, 3.8) is 0 Å². The number of benzene rings is 2. The molecule has 0 aliphatic carbocycles. The number of nitrogens with zero attached hydrogens (tertiary/aromatic N) is 2. The topological polar surface area (TPSA) is 93.2 Å². The minimum atomic E-state index is -0.560. The third kappa shape index (κ3) is 7.18. The van der Waals surface area contributed by atoms with Gasteiger partial charge in [-0.25, -0.2) is 19.4 Å². The van der Waals surface area contributed by atoms with Gasteiger partial charge in [0.25, 0.3) is 0 Å². The molecule has 8 nitrogen and oxygen atoms in total. The predicted molar refractivity (Wildman–Crippen MR) is 137 cm³/mol. The van der Waals surface area contributed by atoms with Crippen molar-refractivity contribution < 1.29 is 28.7 Å². The number of hydrogen-bond donors (Lipinski definition) is 0. The summed E-state index contributed by atoms with van der Waals surface area (Å²) >= 11 is 0. The quantitative estimate of drug-likeness (QED) is 0.380. The largest absolute Gasteiger partial charge is 0.447 e. The molecule has 2 atom stereocenters. The molecule has 2 saturated heterocycles. The molecule has 0 bridgehead atoms. The van der Waals surface area contributed by atoms with Crippen molar-refractivity contribution in [3.05, 3.63) is 71.8 Å². The molecular formula is C29H34N2O6. The van der Waals surface area contributed by atoms with Gasteiger partial charge in [0.05, 0.1) is 12.1 Å². The summed E-state index contributed by atoms with van der Waals surface area (Å²) in [6.07, 6.45) is 4.51. The van der Waals surface area contributed by atoms with Crippen molar-refractivity contribution in [2.45, 2.75) is 69.9 Å². The van der Waals surface area contributed by atoms with Crippen LogP contribution < -0.4 is 0 Å². The Morgan fingerprint density at radius 3 is 1.41 bits per heavy atom. The molecule has 0 aromatic heterocycles. The molecule has 2 heterocycles. The van der Waals surface area contributed by atoms with Gasteiger partial charge in [-0.1, -0.05) is 79.9 Å². The van der Waals surface area contributed by atoms with E-state index in [1.165, 1.54) is 9.80 Å². The van der Waals surface area contributed by atoms with Gasteiger partial charge in [-0.2, -0.15) is 0 Å². The van der Waals surface area contributed by atoms with Gasteiger partial charge in [0.2, 0.25) is 11.8 Å². The van der Waals surface area contributed by atoms with Crippen molar-refractivity contribution in [3.8, 4) is 0 Å². The highest BCUT2D eigenvalue weighted by Gasteiger charge is 2.38. The highest BCUT2D eigenvalue weighted by molar-refractivity contribution is 5.94. The van der Waals surface area contributed by atoms with Crippen molar-refractivity contribution >= 4 is 24.0 Å². The molecule has 2 aliphatic rings. The maximum absolute atomic E-state index is 12.7. The molecule has 196 valence electrons. The number of carbonyl (C=O) groups is 4. The van der Waals surface area contributed by atoms with Crippen LogP contribution in [-0.2, 0) is 31.9 Å². The van der Waals surface area contributed by atoms with Crippen LogP contribution in [0.1, 0.15) is 56.1 Å². The number of cyclic esters (lactones) is 2. The summed E-state index contributed by atoms with van der Waals surface area (Å²) in [6.45, 7) is 0.453. The number of carbonyl (C=O) groups excluding carboxylic acids is 4. The Hall–Kier alpha value is -3.68. The van der Waals surface area contributed by atoms with Crippen molar-refractivity contribution in [2.24, 2.45) is 0 Å². The zero-order chi connectivity index (χ0) is 26.0. The Bertz CT molecular complexity index is 989. The van der Waals surface area contributed by atoms with E-state index in [4.69, 9.17) is 9.47 Å². The summed E-state index contributed by atoms with van der Waals surface area (Å²) in [4.78, 5) is 52.2. The molecule has 4 rings (SSSR count). The van der Waals surface area contributed by atoms with Crippen molar-refractivity contribution in [2.75, 3.05) is 13.2 Å². The molecule has 2 aromatic carbocycles. The van der Waals surface area contributed by atoms with Crippen LogP contribution in [0.15, 0.2) is 60.7 Å². The Balaban J connectivity index is 1.13. The van der Waals surface area contributed by atoms with Crippen molar-refractivity contribution in [1.29, 1.82) is 0 Å². The van der Waals surface area contributed by atoms with Gasteiger partial charge in [-0.15, -0.1) is 0 Å². The molecule has 0 spiro atoms. The first-order valence-corrected chi connectivity index (χ1v) is 13.1. The number of unbranched alkanes of at least 4 members (excludes halogenated alkanes) is 4. The van der Waals surface area contributed by atoms with Gasteiger partial charge < -0.3 is 9.47 Å². The lowest BCUT2D eigenvalue weighted by molar-refractivity contribution is -0.130. The Kier molecular flexibility index (Phi) is 9.29. The lowest BCUT2D eigenvalue weighted by Crippen LogP contribution is -2.40. The number of ether oxygens (including phenoxy) is 2. The van der Waals surface area contributed by atoms with E-state index in [1.54, 1.807) is 0 Å². The summed E-state index contributed by atoms with van der Waals surface area (Å²) in [7, 11) is 0. The van der Waals surface area contributed by atoms with E-state index in [0.717, 1.165) is 30.4 Å². The van der Waals surface area contributed by atoms with Gasteiger partial charge in [-0.3, -0.25) is 9.59 Å². The number of imide groups is 2. The fraction of sp³-hybridized carbons (Fsp3) is 0.448. The molecule has 0 unspecified atom stereocenters. The fourth-order valence-corrected chi connectivity index (χ4v) is 4.93. The molecule has 37 heavy (non-hydrogen) atoms. The number of rotatable bonds is 12. The van der Waals surface area contributed by atoms with Crippen LogP contribution in [-0.4, -0.2) is 59.1 Å². The van der Waals surface area contributed by atoms with Crippen LogP contribution in [0.25, 0.3) is 0 Å². The smallest absolute Gasteiger partial charge is 0.416 e. The molecule has 2 fully saturated rings. The molecule has 2 aromatic rings. The van der Waals surface area contributed by atoms with Crippen molar-refractivity contribution in [1.82, 2.24) is 9.80 Å². The third-order valence-corrected chi connectivity index (χ3v) is 6.87. The van der Waals surface area contributed by atoms with E-state index in [0.29, 0.717) is 38.5 Å². The average Bonchev–Trinajstić information content (AvgIpc) is 3.45. The molecule has 2 aliphatic heterocycles. The zero-order valence-corrected chi connectivity index (χ0v) is 21.1. The molecule has 8 heteroatoms. The Labute approximate surface area is 217 Å². The standard InChI is InChI=1S/C29H34N2O6/c32-26(30-24(20-36-28(30)34)18-22-12-6-4-7-13-22)16-10-2-1-3-11-17-27(33)31-25(21-37-29(31)35)19-23-14-8-5-9-15-23/h4-9,12-15,24-25H,1-3,10-11,16-21H2/t24-,25-/m0/s1. The first-order valence-electron chi connectivity index (χ1n) is 13.1. The molecule has 0 saturated carbocycles. The van der Waals surface area contributed by atoms with E-state index in [9.17, 15) is 19.2 Å². The molecule has 4 amide bonds. The summed E-state index contributed by atoms with van der Waals surface area (Å²) in [5, 5.41) is 0. The highest BCUT2D eigenvalue weighted by Crippen LogP contribution is 2.21. The first kappa shape index (κ1) is 26.4. The van der Waals surface area contributed by atoms with Gasteiger partial charge in [0, 0.05) is 12.8 Å². The van der Waals surface area contributed by atoms with Crippen LogP contribution in [0.4, 0.5) is 9.59 Å². The second kappa shape index (κ2) is 13.0. The second-order valence-corrected chi connectivity index (χ2v) is 9.64. The molecule has 0 radical (unpaired) electrons. The van der Waals surface area contributed by atoms with Gasteiger partial charge >= 0.3 is 12.2 Å². The highest BCUT2D eigenvalue weighted by atomic mass is 16.6. The fourth-order valence-electron chi connectivity index (χ4n) is 4.93. The van der Waals surface area contributed by atoms with Crippen LogP contribution >= 0.6 is 0 Å². The van der Waals surface area contributed by atoms with Gasteiger partial charge in [-0.05, 0) is 36.8 Å². The average molecular weight is 507 g/mol. The normalized spacial score (nSPS) is 19.1. The van der Waals surface area contributed by atoms with Gasteiger partial charge in [0.15, 0.2) is 0 Å². The van der Waals surface area contributed by atoms with Crippen LogP contribution in [0.5, 0.6) is 0 Å². The van der Waals surface area contributed by atoms with Crippen LogP contribution in [0, 0.1) is 0 Å². The molecule has 0 N–H and O–H groups in total. The van der Waals surface area contributed by atoms with E-state index < -0.39 is 12.2 Å². The van der Waals surface area contributed by atoms with E-state index in [1.807, 2.05) is 60.7 Å².